The van der Waals surface area contributed by atoms with Crippen LogP contribution in [0.1, 0.15) is 84.2 Å². The van der Waals surface area contributed by atoms with Crippen LogP contribution in [0.15, 0.2) is 81.7 Å². The number of likely N-dealkylation sites (tertiary alicyclic amines) is 1. The third-order valence-electron chi connectivity index (χ3n) is 10.9. The number of piperidine rings is 1. The van der Waals surface area contributed by atoms with Crippen LogP contribution in [0.25, 0.3) is 33.3 Å². The van der Waals surface area contributed by atoms with Crippen LogP contribution in [0.4, 0.5) is 4.79 Å². The minimum atomic E-state index is -4.39. The highest BCUT2D eigenvalue weighted by Crippen LogP contribution is 2.41. The molecule has 2 aliphatic rings. The number of carbonyl (C=O) groups is 1. The van der Waals surface area contributed by atoms with E-state index in [0.29, 0.717) is 53.8 Å². The molecule has 0 radical (unpaired) electrons. The molecule has 2 aromatic carbocycles. The molecule has 15 heteroatoms. The van der Waals surface area contributed by atoms with Crippen LogP contribution in [0, 0.1) is 6.92 Å². The first-order valence-electron chi connectivity index (χ1n) is 19.6. The highest BCUT2D eigenvalue weighted by atomic mass is 32.2. The predicted molar refractivity (Wildman–Crippen MR) is 219 cm³/mol. The summed E-state index contributed by atoms with van der Waals surface area (Å²) in [6.45, 7) is 9.87. The standard InChI is InChI=1S/C42H51N5O8S2/c1-7-56(50,51)33-17-18-38(54-31-11-9-8-10-12-31)34(23-33)36-27-44(6)40(48)39-35(36)24-37(47(39)57(52,53)32-15-13-28(2)14-16-32)29-25-43-46(26-29)30-19-21-45(22-20-30)41(49)55-42(3,4)5/h13-18,23-27,30-31H,7-12,19-22H2,1-6H3. The molecule has 4 heterocycles. The van der Waals surface area contributed by atoms with E-state index in [9.17, 15) is 26.4 Å². The summed E-state index contributed by atoms with van der Waals surface area (Å²) in [5, 5.41) is 5.00. The fourth-order valence-electron chi connectivity index (χ4n) is 7.72. The fourth-order valence-corrected chi connectivity index (χ4v) is 10.2. The molecule has 1 saturated carbocycles. The lowest BCUT2D eigenvalue weighted by molar-refractivity contribution is 0.0184. The van der Waals surface area contributed by atoms with Crippen molar-refractivity contribution in [2.45, 2.75) is 107 Å². The Morgan fingerprint density at radius 2 is 1.54 bits per heavy atom. The third-order valence-corrected chi connectivity index (χ3v) is 14.3. The smallest absolute Gasteiger partial charge is 0.410 e. The molecular weight excluding hydrogens is 767 g/mol. The van der Waals surface area contributed by atoms with E-state index >= 15 is 0 Å². The van der Waals surface area contributed by atoms with Gasteiger partial charge in [-0.25, -0.2) is 25.6 Å². The summed E-state index contributed by atoms with van der Waals surface area (Å²) in [4.78, 5) is 28.8. The van der Waals surface area contributed by atoms with Crippen molar-refractivity contribution >= 4 is 36.9 Å². The molecule has 5 aromatic rings. The zero-order valence-corrected chi connectivity index (χ0v) is 35.0. The Morgan fingerprint density at radius 3 is 2.19 bits per heavy atom. The van der Waals surface area contributed by atoms with E-state index in [1.807, 2.05) is 27.7 Å². The maximum atomic E-state index is 14.8. The van der Waals surface area contributed by atoms with Gasteiger partial charge in [0.15, 0.2) is 9.84 Å². The number of pyridine rings is 1. The van der Waals surface area contributed by atoms with Crippen LogP contribution in [0.5, 0.6) is 5.75 Å². The number of ether oxygens (including phenoxy) is 2. The summed E-state index contributed by atoms with van der Waals surface area (Å²) in [7, 11) is -6.49. The van der Waals surface area contributed by atoms with Crippen LogP contribution in [0.2, 0.25) is 0 Å². The number of hydrogen-bond donors (Lipinski definition) is 0. The molecule has 1 saturated heterocycles. The minimum Gasteiger partial charge on any atom is -0.490 e. The van der Waals surface area contributed by atoms with Crippen molar-refractivity contribution in [2.75, 3.05) is 18.8 Å². The van der Waals surface area contributed by atoms with Gasteiger partial charge in [-0.3, -0.25) is 9.48 Å². The minimum absolute atomic E-state index is 0.00132. The van der Waals surface area contributed by atoms with Crippen LogP contribution in [-0.4, -0.2) is 76.7 Å². The van der Waals surface area contributed by atoms with E-state index in [2.05, 4.69) is 5.10 Å². The lowest BCUT2D eigenvalue weighted by atomic mass is 9.97. The van der Waals surface area contributed by atoms with Crippen LogP contribution in [-0.2, 0) is 31.6 Å². The van der Waals surface area contributed by atoms with Crippen LogP contribution in [0.3, 0.4) is 0 Å². The maximum Gasteiger partial charge on any atom is 0.410 e. The number of nitrogens with zero attached hydrogens (tertiary/aromatic N) is 5. The molecule has 0 N–H and O–H groups in total. The second kappa shape index (κ2) is 15.5. The maximum absolute atomic E-state index is 14.8. The van der Waals surface area contributed by atoms with Gasteiger partial charge in [-0.15, -0.1) is 0 Å². The van der Waals surface area contributed by atoms with Crippen molar-refractivity contribution in [3.63, 3.8) is 0 Å². The van der Waals surface area contributed by atoms with Crippen molar-refractivity contribution < 1.29 is 31.1 Å². The molecule has 0 atom stereocenters. The number of hydrogen-bond acceptors (Lipinski definition) is 9. The summed E-state index contributed by atoms with van der Waals surface area (Å²) >= 11 is 0. The number of aromatic nitrogens is 4. The van der Waals surface area contributed by atoms with Crippen molar-refractivity contribution in [1.82, 2.24) is 23.2 Å². The number of benzene rings is 2. The average molecular weight is 818 g/mol. The first-order chi connectivity index (χ1) is 27.0. The van der Waals surface area contributed by atoms with Gasteiger partial charge in [-0.05, 0) is 103 Å². The van der Waals surface area contributed by atoms with Gasteiger partial charge in [0.1, 0.15) is 16.9 Å². The fraction of sp³-hybridized carbons (Fsp3) is 0.452. The largest absolute Gasteiger partial charge is 0.490 e. The van der Waals surface area contributed by atoms with Crippen LogP contribution >= 0.6 is 0 Å². The van der Waals surface area contributed by atoms with E-state index in [0.717, 1.165) is 41.6 Å². The monoisotopic (exact) mass is 817 g/mol. The van der Waals surface area contributed by atoms with Gasteiger partial charge in [0.05, 0.1) is 39.6 Å². The summed E-state index contributed by atoms with van der Waals surface area (Å²) < 4.78 is 72.5. The molecule has 3 aromatic heterocycles. The van der Waals surface area contributed by atoms with Crippen molar-refractivity contribution in [2.24, 2.45) is 7.05 Å². The molecule has 57 heavy (non-hydrogen) atoms. The molecule has 1 amide bonds. The Balaban J connectivity index is 1.40. The molecule has 0 bridgehead atoms. The number of aryl methyl sites for hydroxylation is 2. The topological polar surface area (TPSA) is 152 Å². The Bertz CT molecular complexity index is 2590. The first-order valence-corrected chi connectivity index (χ1v) is 22.7. The molecule has 0 spiro atoms. The normalized spacial score (nSPS) is 16.3. The summed E-state index contributed by atoms with van der Waals surface area (Å²) in [6, 6.07) is 12.8. The first kappa shape index (κ1) is 40.3. The zero-order valence-electron chi connectivity index (χ0n) is 33.4. The molecule has 2 fully saturated rings. The van der Waals surface area contributed by atoms with Gasteiger partial charge in [-0.2, -0.15) is 5.10 Å². The van der Waals surface area contributed by atoms with E-state index in [1.165, 1.54) is 16.7 Å². The summed E-state index contributed by atoms with van der Waals surface area (Å²) in [6.07, 6.45) is 10.6. The zero-order chi connectivity index (χ0) is 40.9. The van der Waals surface area contributed by atoms with E-state index in [1.54, 1.807) is 78.5 Å². The highest BCUT2D eigenvalue weighted by Gasteiger charge is 2.32. The Kier molecular flexibility index (Phi) is 10.9. The number of fused-ring (bicyclic) bond motifs is 1. The molecular formula is C42H51N5O8S2. The summed E-state index contributed by atoms with van der Waals surface area (Å²) in [5.41, 5.74) is 1.21. The SMILES string of the molecule is CCS(=O)(=O)c1ccc(OC2CCCCC2)c(-c2cn(C)c(=O)c3c2cc(-c2cnn(C4CCN(C(=O)OC(C)(C)C)CC4)c2)n3S(=O)(=O)c2ccc(C)cc2)c1. The third kappa shape index (κ3) is 8.13. The van der Waals surface area contributed by atoms with Gasteiger partial charge < -0.3 is 18.9 Å². The molecule has 13 nitrogen and oxygen atoms in total. The summed E-state index contributed by atoms with van der Waals surface area (Å²) in [5.74, 6) is 0.343. The molecule has 304 valence electrons. The number of sulfone groups is 1. The van der Waals surface area contributed by atoms with E-state index in [4.69, 9.17) is 9.47 Å². The number of rotatable bonds is 9. The van der Waals surface area contributed by atoms with Crippen molar-refractivity contribution in [3.8, 4) is 28.1 Å². The second-order valence-electron chi connectivity index (χ2n) is 16.2. The van der Waals surface area contributed by atoms with Gasteiger partial charge in [0.25, 0.3) is 15.6 Å². The Hall–Kier alpha value is -4.89. The quantitative estimate of drug-likeness (QED) is 0.147. The van der Waals surface area contributed by atoms with Crippen molar-refractivity contribution in [1.29, 1.82) is 0 Å². The number of amides is 1. The average Bonchev–Trinajstić information content (AvgIpc) is 3.83. The van der Waals surface area contributed by atoms with Gasteiger partial charge in [-0.1, -0.05) is 31.0 Å². The van der Waals surface area contributed by atoms with E-state index in [-0.39, 0.29) is 45.0 Å². The Morgan fingerprint density at radius 1 is 0.877 bits per heavy atom. The Labute approximate surface area is 334 Å². The molecule has 0 unspecified atom stereocenters. The van der Waals surface area contributed by atoms with Gasteiger partial charge in [0, 0.05) is 54.6 Å². The van der Waals surface area contributed by atoms with Crippen molar-refractivity contribution in [3.05, 3.63) is 83.0 Å². The molecule has 7 rings (SSSR count). The molecule has 1 aliphatic heterocycles. The lowest BCUT2D eigenvalue weighted by Crippen LogP contribution is -2.42. The van der Waals surface area contributed by atoms with Crippen LogP contribution < -0.4 is 10.3 Å². The van der Waals surface area contributed by atoms with Gasteiger partial charge in [0.2, 0.25) is 0 Å². The van der Waals surface area contributed by atoms with Gasteiger partial charge >= 0.3 is 6.09 Å². The number of carbonyl (C=O) groups excluding carboxylic acids is 1. The second-order valence-corrected chi connectivity index (χ2v) is 20.2. The molecule has 1 aliphatic carbocycles. The van der Waals surface area contributed by atoms with E-state index < -0.39 is 31.0 Å². The lowest BCUT2D eigenvalue weighted by Gasteiger charge is -2.33. The highest BCUT2D eigenvalue weighted by molar-refractivity contribution is 7.91. The predicted octanol–water partition coefficient (Wildman–Crippen LogP) is 7.49.